The number of nitrogens with one attached hydrogen (secondary N) is 2. The zero-order chi connectivity index (χ0) is 18.5. The van der Waals surface area contributed by atoms with Crippen LogP contribution in [0.15, 0.2) is 0 Å². The summed E-state index contributed by atoms with van der Waals surface area (Å²) in [5.74, 6) is 0.312. The van der Waals surface area contributed by atoms with E-state index in [9.17, 15) is 19.5 Å². The lowest BCUT2D eigenvalue weighted by molar-refractivity contribution is -0.131. The summed E-state index contributed by atoms with van der Waals surface area (Å²) in [5, 5.41) is 14.8. The number of hydrogen-bond donors (Lipinski definition) is 3. The number of aliphatic hydroxyl groups excluding tert-OH is 1. The summed E-state index contributed by atoms with van der Waals surface area (Å²) >= 11 is 0. The SMILES string of the molecule is O=C(NCC(=O)N1CCC[C@H]1CO)NC(C(=O)C1CC1)C1CCCCC1. The maximum atomic E-state index is 12.6. The van der Waals surface area contributed by atoms with Crippen LogP contribution in [0.4, 0.5) is 4.79 Å². The molecule has 26 heavy (non-hydrogen) atoms. The first kappa shape index (κ1) is 19.1. The van der Waals surface area contributed by atoms with E-state index in [1.807, 2.05) is 0 Å². The van der Waals surface area contributed by atoms with Gasteiger partial charge in [-0.25, -0.2) is 4.79 Å². The van der Waals surface area contributed by atoms with Gasteiger partial charge in [0.15, 0.2) is 5.78 Å². The molecule has 3 rings (SSSR count). The van der Waals surface area contributed by atoms with E-state index in [2.05, 4.69) is 10.6 Å². The highest BCUT2D eigenvalue weighted by Gasteiger charge is 2.39. The molecule has 3 aliphatic rings. The van der Waals surface area contributed by atoms with Crippen LogP contribution in [0.3, 0.4) is 0 Å². The second-order valence-corrected chi connectivity index (χ2v) is 7.95. The van der Waals surface area contributed by atoms with Crippen molar-refractivity contribution in [1.29, 1.82) is 0 Å². The van der Waals surface area contributed by atoms with Crippen LogP contribution in [-0.2, 0) is 9.59 Å². The second kappa shape index (κ2) is 8.84. The smallest absolute Gasteiger partial charge is 0.315 e. The Kier molecular flexibility index (Phi) is 6.51. The molecule has 2 aliphatic carbocycles. The molecule has 0 spiro atoms. The van der Waals surface area contributed by atoms with Gasteiger partial charge >= 0.3 is 6.03 Å². The quantitative estimate of drug-likeness (QED) is 0.631. The molecule has 2 atom stereocenters. The highest BCUT2D eigenvalue weighted by atomic mass is 16.3. The normalized spacial score (nSPS) is 25.0. The summed E-state index contributed by atoms with van der Waals surface area (Å²) in [6, 6.07) is -1.00. The minimum absolute atomic E-state index is 0.0441. The zero-order valence-electron chi connectivity index (χ0n) is 15.4. The van der Waals surface area contributed by atoms with Gasteiger partial charge in [0.25, 0.3) is 0 Å². The first-order valence-corrected chi connectivity index (χ1v) is 10.1. The molecule has 0 aromatic rings. The third-order valence-electron chi connectivity index (χ3n) is 6.00. The number of nitrogens with zero attached hydrogens (tertiary/aromatic N) is 1. The van der Waals surface area contributed by atoms with E-state index in [1.165, 1.54) is 6.42 Å². The maximum absolute atomic E-state index is 12.6. The fraction of sp³-hybridized carbons (Fsp3) is 0.842. The van der Waals surface area contributed by atoms with Crippen molar-refractivity contribution in [3.8, 4) is 0 Å². The van der Waals surface area contributed by atoms with E-state index in [1.54, 1.807) is 4.90 Å². The number of carbonyl (C=O) groups excluding carboxylic acids is 3. The van der Waals surface area contributed by atoms with Gasteiger partial charge in [-0.3, -0.25) is 9.59 Å². The van der Waals surface area contributed by atoms with Gasteiger partial charge in [-0.1, -0.05) is 19.3 Å². The number of carbonyl (C=O) groups is 3. The lowest BCUT2D eigenvalue weighted by Crippen LogP contribution is -2.52. The van der Waals surface area contributed by atoms with Gasteiger partial charge in [0.05, 0.1) is 25.2 Å². The molecule has 3 amide bonds. The lowest BCUT2D eigenvalue weighted by atomic mass is 9.81. The average molecular weight is 365 g/mol. The van der Waals surface area contributed by atoms with Gasteiger partial charge in [0.2, 0.25) is 5.91 Å². The molecule has 1 unspecified atom stereocenters. The van der Waals surface area contributed by atoms with Crippen molar-refractivity contribution in [3.05, 3.63) is 0 Å². The molecule has 1 aliphatic heterocycles. The minimum Gasteiger partial charge on any atom is -0.394 e. The molecule has 7 nitrogen and oxygen atoms in total. The van der Waals surface area contributed by atoms with Crippen molar-refractivity contribution in [2.75, 3.05) is 19.7 Å². The molecule has 0 aromatic carbocycles. The number of likely N-dealkylation sites (tertiary alicyclic amines) is 1. The van der Waals surface area contributed by atoms with Crippen LogP contribution in [0, 0.1) is 11.8 Å². The molecule has 1 saturated heterocycles. The molecule has 3 fully saturated rings. The van der Waals surface area contributed by atoms with Crippen LogP contribution in [-0.4, -0.2) is 59.5 Å². The van der Waals surface area contributed by atoms with Gasteiger partial charge in [0, 0.05) is 12.5 Å². The molecular weight excluding hydrogens is 334 g/mol. The van der Waals surface area contributed by atoms with Gasteiger partial charge in [0.1, 0.15) is 0 Å². The molecule has 7 heteroatoms. The highest BCUT2D eigenvalue weighted by molar-refractivity contribution is 5.92. The number of aliphatic hydroxyl groups is 1. The first-order valence-electron chi connectivity index (χ1n) is 10.1. The monoisotopic (exact) mass is 365 g/mol. The van der Waals surface area contributed by atoms with Gasteiger partial charge < -0.3 is 20.6 Å². The Bertz CT molecular complexity index is 529. The van der Waals surface area contributed by atoms with Gasteiger partial charge in [-0.2, -0.15) is 0 Å². The Morgan fingerprint density at radius 1 is 1.00 bits per heavy atom. The number of urea groups is 1. The predicted octanol–water partition coefficient (Wildman–Crippen LogP) is 1.20. The van der Waals surface area contributed by atoms with Crippen molar-refractivity contribution in [2.24, 2.45) is 11.8 Å². The van der Waals surface area contributed by atoms with E-state index < -0.39 is 12.1 Å². The Labute approximate surface area is 154 Å². The van der Waals surface area contributed by atoms with E-state index >= 15 is 0 Å². The predicted molar refractivity (Wildman–Crippen MR) is 96.4 cm³/mol. The standard InChI is InChI=1S/C19H31N3O4/c23-12-15-7-4-10-22(15)16(24)11-20-19(26)21-17(18(25)14-8-9-14)13-5-2-1-3-6-13/h13-15,17,23H,1-12H2,(H2,20,21,26)/t15-,17?/m0/s1. The Balaban J connectivity index is 1.50. The van der Waals surface area contributed by atoms with E-state index in [-0.39, 0.29) is 42.7 Å². The van der Waals surface area contributed by atoms with Crippen molar-refractivity contribution in [3.63, 3.8) is 0 Å². The number of rotatable bonds is 7. The van der Waals surface area contributed by atoms with Crippen molar-refractivity contribution in [1.82, 2.24) is 15.5 Å². The average Bonchev–Trinajstić information content (AvgIpc) is 3.41. The molecule has 146 valence electrons. The molecule has 0 bridgehead atoms. The third kappa shape index (κ3) is 4.75. The first-order chi connectivity index (χ1) is 12.6. The van der Waals surface area contributed by atoms with Gasteiger partial charge in [-0.05, 0) is 44.4 Å². The van der Waals surface area contributed by atoms with Crippen LogP contribution in [0.5, 0.6) is 0 Å². The molecule has 2 saturated carbocycles. The summed E-state index contributed by atoms with van der Waals surface area (Å²) in [7, 11) is 0. The third-order valence-corrected chi connectivity index (χ3v) is 6.00. The van der Waals surface area contributed by atoms with Crippen LogP contribution < -0.4 is 10.6 Å². The summed E-state index contributed by atoms with van der Waals surface area (Å²) in [6.07, 6.45) is 8.92. The number of ketones is 1. The molecule has 0 radical (unpaired) electrons. The summed E-state index contributed by atoms with van der Waals surface area (Å²) in [6.45, 7) is 0.479. The maximum Gasteiger partial charge on any atom is 0.315 e. The van der Waals surface area contributed by atoms with E-state index in [0.29, 0.717) is 6.54 Å². The topological polar surface area (TPSA) is 98.7 Å². The number of hydrogen-bond acceptors (Lipinski definition) is 4. The van der Waals surface area contributed by atoms with Crippen LogP contribution >= 0.6 is 0 Å². The van der Waals surface area contributed by atoms with Crippen molar-refractivity contribution < 1.29 is 19.5 Å². The van der Waals surface area contributed by atoms with Gasteiger partial charge in [-0.15, -0.1) is 0 Å². The largest absolute Gasteiger partial charge is 0.394 e. The molecular formula is C19H31N3O4. The molecule has 0 aromatic heterocycles. The minimum atomic E-state index is -0.442. The van der Waals surface area contributed by atoms with Crippen LogP contribution in [0.2, 0.25) is 0 Å². The Morgan fingerprint density at radius 2 is 1.73 bits per heavy atom. The number of Topliss-reactive ketones (excluding diaryl/α,β-unsaturated/α-hetero) is 1. The summed E-state index contributed by atoms with van der Waals surface area (Å²) < 4.78 is 0. The lowest BCUT2D eigenvalue weighted by Gasteiger charge is -2.30. The van der Waals surface area contributed by atoms with Crippen molar-refractivity contribution >= 4 is 17.7 Å². The van der Waals surface area contributed by atoms with E-state index in [4.69, 9.17) is 0 Å². The van der Waals surface area contributed by atoms with Crippen molar-refractivity contribution in [2.45, 2.75) is 69.9 Å². The summed E-state index contributed by atoms with van der Waals surface area (Å²) in [4.78, 5) is 38.8. The van der Waals surface area contributed by atoms with E-state index in [0.717, 1.165) is 51.4 Å². The Morgan fingerprint density at radius 3 is 2.38 bits per heavy atom. The zero-order valence-corrected chi connectivity index (χ0v) is 15.4. The Hall–Kier alpha value is -1.63. The second-order valence-electron chi connectivity index (χ2n) is 7.95. The summed E-state index contributed by atoms with van der Waals surface area (Å²) in [5.41, 5.74) is 0. The fourth-order valence-electron chi connectivity index (χ4n) is 4.31. The number of amides is 3. The fourth-order valence-corrected chi connectivity index (χ4v) is 4.31. The van der Waals surface area contributed by atoms with Crippen LogP contribution in [0.1, 0.15) is 57.8 Å². The molecule has 1 heterocycles. The highest BCUT2D eigenvalue weighted by Crippen LogP contribution is 2.35. The molecule has 3 N–H and O–H groups in total. The van der Waals surface area contributed by atoms with Crippen LogP contribution in [0.25, 0.3) is 0 Å².